The molecule has 3 nitrogen and oxygen atoms in total. The summed E-state index contributed by atoms with van der Waals surface area (Å²) in [5.74, 6) is 0.871. The van der Waals surface area contributed by atoms with E-state index in [1.54, 1.807) is 0 Å². The Bertz CT molecular complexity index is 1030. The van der Waals surface area contributed by atoms with Crippen LogP contribution in [0.3, 0.4) is 0 Å². The van der Waals surface area contributed by atoms with Gasteiger partial charge in [0, 0.05) is 5.92 Å². The largest absolute Gasteiger partial charge is 0.494 e. The fourth-order valence-electron chi connectivity index (χ4n) is 4.53. The van der Waals surface area contributed by atoms with E-state index in [2.05, 4.69) is 19.1 Å². The van der Waals surface area contributed by atoms with Gasteiger partial charge in [0.1, 0.15) is 16.9 Å². The highest BCUT2D eigenvalue weighted by Crippen LogP contribution is 2.29. The van der Waals surface area contributed by atoms with E-state index in [1.807, 2.05) is 73.7 Å². The number of unbranched alkanes of at least 4 members (excludes halogenated alkanes) is 7. The van der Waals surface area contributed by atoms with Crippen LogP contribution in [-0.2, 0) is 4.79 Å². The van der Waals surface area contributed by atoms with Gasteiger partial charge in [0.15, 0.2) is 0 Å². The third-order valence-corrected chi connectivity index (χ3v) is 7.26. The van der Waals surface area contributed by atoms with Crippen molar-refractivity contribution in [2.24, 2.45) is 0 Å². The molecule has 3 aromatic rings. The first-order chi connectivity index (χ1) is 18.1. The molecule has 0 aliphatic carbocycles. The normalized spacial score (nSPS) is 12.6. The monoisotopic (exact) mass is 520 g/mol. The summed E-state index contributed by atoms with van der Waals surface area (Å²) in [6.07, 6.45) is 11.1. The lowest BCUT2D eigenvalue weighted by Gasteiger charge is -2.20. The first-order valence-corrected chi connectivity index (χ1v) is 14.3. The van der Waals surface area contributed by atoms with Crippen LogP contribution in [0.15, 0.2) is 78.9 Å². The first-order valence-electron chi connectivity index (χ1n) is 13.9. The molecular weight excluding hydrogens is 480 g/mol. The zero-order chi connectivity index (χ0) is 26.3. The molecule has 3 aromatic carbocycles. The molecule has 0 heterocycles. The van der Waals surface area contributed by atoms with Gasteiger partial charge < -0.3 is 9.47 Å². The summed E-state index contributed by atoms with van der Waals surface area (Å²) in [7, 11) is 0. The number of benzene rings is 3. The molecule has 3 rings (SSSR count). The molecule has 0 N–H and O–H groups in total. The predicted octanol–water partition coefficient (Wildman–Crippen LogP) is 9.58. The van der Waals surface area contributed by atoms with Gasteiger partial charge in [-0.25, -0.2) is 0 Å². The fraction of sp³-hybridized carbons (Fsp3) is 0.424. The van der Waals surface area contributed by atoms with Gasteiger partial charge >= 0.3 is 5.97 Å². The molecule has 0 aliphatic rings. The predicted molar refractivity (Wildman–Crippen MR) is 155 cm³/mol. The summed E-state index contributed by atoms with van der Waals surface area (Å²) in [4.78, 5) is 12.7. The SMILES string of the molecule is CCCCCCCCCCOc1ccc(-c2ccc(OC(=O)C(Cl)C(CC)c3ccccc3)cc2)cc1. The zero-order valence-electron chi connectivity index (χ0n) is 22.3. The number of carbonyl (C=O) groups excluding carboxylic acids is 1. The van der Waals surface area contributed by atoms with Crippen LogP contribution in [0.1, 0.15) is 83.1 Å². The van der Waals surface area contributed by atoms with Crippen LogP contribution in [0.5, 0.6) is 11.5 Å². The van der Waals surface area contributed by atoms with Crippen LogP contribution in [0.4, 0.5) is 0 Å². The molecule has 0 aliphatic heterocycles. The van der Waals surface area contributed by atoms with Crippen molar-refractivity contribution >= 4 is 17.6 Å². The molecular formula is C33H41ClO3. The average molecular weight is 521 g/mol. The van der Waals surface area contributed by atoms with Crippen LogP contribution in [0.25, 0.3) is 11.1 Å². The Morgan fingerprint density at radius 2 is 1.24 bits per heavy atom. The van der Waals surface area contributed by atoms with Crippen molar-refractivity contribution in [2.45, 2.75) is 82.9 Å². The standard InChI is InChI=1S/C33H41ClO3/c1-3-5-6-7-8-9-10-14-25-36-29-21-17-26(18-22-29)27-19-23-30(24-20-27)37-33(35)32(34)31(4-2)28-15-12-11-13-16-28/h11-13,15-24,31-32H,3-10,14,25H2,1-2H3. The average Bonchev–Trinajstić information content (AvgIpc) is 2.94. The van der Waals surface area contributed by atoms with Crippen molar-refractivity contribution in [3.63, 3.8) is 0 Å². The lowest BCUT2D eigenvalue weighted by molar-refractivity contribution is -0.134. The topological polar surface area (TPSA) is 35.5 Å². The maximum absolute atomic E-state index is 12.7. The van der Waals surface area contributed by atoms with Gasteiger partial charge in [0.25, 0.3) is 0 Å². The second-order valence-corrected chi connectivity index (χ2v) is 10.1. The third-order valence-electron chi connectivity index (χ3n) is 6.77. The molecule has 2 unspecified atom stereocenters. The van der Waals surface area contributed by atoms with Crippen molar-refractivity contribution in [2.75, 3.05) is 6.61 Å². The number of hydrogen-bond donors (Lipinski definition) is 0. The van der Waals surface area contributed by atoms with E-state index in [0.29, 0.717) is 5.75 Å². The number of esters is 1. The van der Waals surface area contributed by atoms with E-state index in [9.17, 15) is 4.79 Å². The van der Waals surface area contributed by atoms with Crippen LogP contribution >= 0.6 is 11.6 Å². The number of hydrogen-bond acceptors (Lipinski definition) is 3. The highest BCUT2D eigenvalue weighted by molar-refractivity contribution is 6.30. The molecule has 0 spiro atoms. The number of alkyl halides is 1. The molecule has 2 atom stereocenters. The number of rotatable bonds is 16. The zero-order valence-corrected chi connectivity index (χ0v) is 23.1. The van der Waals surface area contributed by atoms with Gasteiger partial charge in [-0.15, -0.1) is 11.6 Å². The Labute approximate surface area is 228 Å². The van der Waals surface area contributed by atoms with E-state index in [4.69, 9.17) is 21.1 Å². The Balaban J connectivity index is 1.44. The van der Waals surface area contributed by atoms with Crippen molar-refractivity contribution in [1.29, 1.82) is 0 Å². The molecule has 0 aromatic heterocycles. The Morgan fingerprint density at radius 1 is 0.703 bits per heavy atom. The minimum atomic E-state index is -0.745. The fourth-order valence-corrected chi connectivity index (χ4v) is 4.90. The molecule has 0 saturated carbocycles. The number of ether oxygens (including phenoxy) is 2. The Kier molecular flexibility index (Phi) is 12.6. The minimum Gasteiger partial charge on any atom is -0.494 e. The molecule has 0 saturated heterocycles. The molecule has 37 heavy (non-hydrogen) atoms. The Morgan fingerprint density at radius 3 is 1.81 bits per heavy atom. The second kappa shape index (κ2) is 16.1. The molecule has 0 bridgehead atoms. The van der Waals surface area contributed by atoms with Gasteiger partial charge in [0.05, 0.1) is 6.61 Å². The maximum Gasteiger partial charge on any atom is 0.330 e. The number of halogens is 1. The molecule has 0 fully saturated rings. The quantitative estimate of drug-likeness (QED) is 0.0815. The smallest absolute Gasteiger partial charge is 0.330 e. The van der Waals surface area contributed by atoms with Gasteiger partial charge in [-0.05, 0) is 53.8 Å². The van der Waals surface area contributed by atoms with Gasteiger partial charge in [-0.1, -0.05) is 113 Å². The highest BCUT2D eigenvalue weighted by atomic mass is 35.5. The summed E-state index contributed by atoms with van der Waals surface area (Å²) in [6, 6.07) is 25.6. The molecule has 0 amide bonds. The van der Waals surface area contributed by atoms with Crippen LogP contribution < -0.4 is 9.47 Å². The van der Waals surface area contributed by atoms with Crippen molar-refractivity contribution < 1.29 is 14.3 Å². The molecule has 4 heteroatoms. The summed E-state index contributed by atoms with van der Waals surface area (Å²) >= 11 is 6.52. The Hall–Kier alpha value is -2.78. The van der Waals surface area contributed by atoms with Gasteiger partial charge in [-0.3, -0.25) is 4.79 Å². The van der Waals surface area contributed by atoms with Crippen LogP contribution in [-0.4, -0.2) is 18.0 Å². The summed E-state index contributed by atoms with van der Waals surface area (Å²) in [5, 5.41) is -0.745. The minimum absolute atomic E-state index is 0.0917. The van der Waals surface area contributed by atoms with E-state index >= 15 is 0 Å². The van der Waals surface area contributed by atoms with E-state index in [1.165, 1.54) is 44.9 Å². The summed E-state index contributed by atoms with van der Waals surface area (Å²) in [5.41, 5.74) is 3.18. The summed E-state index contributed by atoms with van der Waals surface area (Å²) < 4.78 is 11.5. The lowest BCUT2D eigenvalue weighted by atomic mass is 9.93. The highest BCUT2D eigenvalue weighted by Gasteiger charge is 2.28. The van der Waals surface area contributed by atoms with E-state index in [-0.39, 0.29) is 5.92 Å². The summed E-state index contributed by atoms with van der Waals surface area (Å²) in [6.45, 7) is 5.05. The second-order valence-electron chi connectivity index (χ2n) is 9.62. The molecule has 198 valence electrons. The van der Waals surface area contributed by atoms with E-state index in [0.717, 1.165) is 41.9 Å². The van der Waals surface area contributed by atoms with Crippen LogP contribution in [0, 0.1) is 0 Å². The number of carbonyl (C=O) groups is 1. The first kappa shape index (κ1) is 28.8. The van der Waals surface area contributed by atoms with E-state index < -0.39 is 11.3 Å². The van der Waals surface area contributed by atoms with Gasteiger partial charge in [0.2, 0.25) is 0 Å². The van der Waals surface area contributed by atoms with Crippen molar-refractivity contribution in [3.8, 4) is 22.6 Å². The van der Waals surface area contributed by atoms with Crippen LogP contribution in [0.2, 0.25) is 0 Å². The van der Waals surface area contributed by atoms with Gasteiger partial charge in [-0.2, -0.15) is 0 Å². The van der Waals surface area contributed by atoms with Crippen molar-refractivity contribution in [3.05, 3.63) is 84.4 Å². The third kappa shape index (κ3) is 9.55. The molecule has 0 radical (unpaired) electrons. The lowest BCUT2D eigenvalue weighted by Crippen LogP contribution is -2.27. The maximum atomic E-state index is 12.7. The van der Waals surface area contributed by atoms with Crippen molar-refractivity contribution in [1.82, 2.24) is 0 Å².